The van der Waals surface area contributed by atoms with E-state index >= 15 is 0 Å². The number of hydrogen-bond acceptors (Lipinski definition) is 2. The molecule has 1 atom stereocenters. The Bertz CT molecular complexity index is 347. The number of piperidine rings is 1. The van der Waals surface area contributed by atoms with Crippen LogP contribution in [0, 0.1) is 0 Å². The van der Waals surface area contributed by atoms with E-state index in [9.17, 15) is 5.11 Å². The van der Waals surface area contributed by atoms with Crippen LogP contribution in [0.15, 0.2) is 42.5 Å². The average molecular weight is 217 g/mol. The molecule has 16 heavy (non-hydrogen) atoms. The van der Waals surface area contributed by atoms with E-state index in [0.717, 1.165) is 25.9 Å². The number of aliphatic hydroxyl groups is 1. The molecule has 1 N–H and O–H groups in total. The van der Waals surface area contributed by atoms with Gasteiger partial charge in [0.2, 0.25) is 0 Å². The molecule has 2 rings (SSSR count). The van der Waals surface area contributed by atoms with Gasteiger partial charge in [0.25, 0.3) is 0 Å². The van der Waals surface area contributed by atoms with Crippen LogP contribution in [-0.4, -0.2) is 29.2 Å². The molecule has 1 aromatic carbocycles. The minimum absolute atomic E-state index is 0.228. The van der Waals surface area contributed by atoms with Gasteiger partial charge in [0, 0.05) is 19.1 Å². The molecule has 1 fully saturated rings. The highest BCUT2D eigenvalue weighted by molar-refractivity contribution is 5.15. The first-order valence-electron chi connectivity index (χ1n) is 5.85. The molecule has 0 aliphatic carbocycles. The summed E-state index contributed by atoms with van der Waals surface area (Å²) in [5.74, 6) is 0. The van der Waals surface area contributed by atoms with Crippen LogP contribution in [0.2, 0.25) is 0 Å². The van der Waals surface area contributed by atoms with Gasteiger partial charge in [0.05, 0.1) is 6.61 Å². The van der Waals surface area contributed by atoms with Crippen LogP contribution < -0.4 is 0 Å². The Morgan fingerprint density at radius 2 is 2.06 bits per heavy atom. The zero-order valence-electron chi connectivity index (χ0n) is 9.60. The minimum atomic E-state index is 0.228. The van der Waals surface area contributed by atoms with Gasteiger partial charge in [-0.1, -0.05) is 42.5 Å². The summed E-state index contributed by atoms with van der Waals surface area (Å²) < 4.78 is 0. The zero-order chi connectivity index (χ0) is 11.4. The third-order valence-corrected chi connectivity index (χ3v) is 3.23. The molecule has 1 aliphatic heterocycles. The van der Waals surface area contributed by atoms with E-state index in [1.54, 1.807) is 0 Å². The second kappa shape index (κ2) is 5.28. The first-order valence-corrected chi connectivity index (χ1v) is 5.85. The minimum Gasteiger partial charge on any atom is -0.395 e. The third-order valence-electron chi connectivity index (χ3n) is 3.23. The van der Waals surface area contributed by atoms with Gasteiger partial charge in [-0.05, 0) is 18.4 Å². The Balaban J connectivity index is 2.01. The van der Waals surface area contributed by atoms with Gasteiger partial charge in [-0.25, -0.2) is 0 Å². The molecule has 0 saturated carbocycles. The molecular weight excluding hydrogens is 198 g/mol. The molecule has 2 nitrogen and oxygen atoms in total. The van der Waals surface area contributed by atoms with Crippen molar-refractivity contribution in [2.75, 3.05) is 13.2 Å². The number of nitrogens with zero attached hydrogens (tertiary/aromatic N) is 1. The van der Waals surface area contributed by atoms with Gasteiger partial charge in [0.1, 0.15) is 0 Å². The fraction of sp³-hybridized carbons (Fsp3) is 0.429. The second-order valence-corrected chi connectivity index (χ2v) is 4.50. The van der Waals surface area contributed by atoms with Gasteiger partial charge in [-0.15, -0.1) is 0 Å². The smallest absolute Gasteiger partial charge is 0.0590 e. The van der Waals surface area contributed by atoms with Gasteiger partial charge < -0.3 is 5.11 Å². The van der Waals surface area contributed by atoms with E-state index in [0.29, 0.717) is 0 Å². The predicted octanol–water partition coefficient (Wildman–Crippen LogP) is 2.20. The quantitative estimate of drug-likeness (QED) is 0.785. The molecule has 0 spiro atoms. The zero-order valence-corrected chi connectivity index (χ0v) is 9.60. The summed E-state index contributed by atoms with van der Waals surface area (Å²) in [4.78, 5) is 2.35. The maximum Gasteiger partial charge on any atom is 0.0590 e. The van der Waals surface area contributed by atoms with E-state index in [2.05, 4.69) is 35.7 Å². The lowest BCUT2D eigenvalue weighted by Gasteiger charge is -2.35. The number of likely N-dealkylation sites (tertiary alicyclic amines) is 1. The van der Waals surface area contributed by atoms with Crippen molar-refractivity contribution in [2.45, 2.75) is 25.4 Å². The van der Waals surface area contributed by atoms with Crippen molar-refractivity contribution in [1.82, 2.24) is 4.90 Å². The van der Waals surface area contributed by atoms with Crippen molar-refractivity contribution < 1.29 is 5.11 Å². The van der Waals surface area contributed by atoms with Crippen LogP contribution in [0.1, 0.15) is 18.4 Å². The summed E-state index contributed by atoms with van der Waals surface area (Å²) in [6.07, 6.45) is 1.99. The first-order chi connectivity index (χ1) is 7.79. The third kappa shape index (κ3) is 2.71. The maximum atomic E-state index is 9.37. The van der Waals surface area contributed by atoms with Crippen LogP contribution in [0.5, 0.6) is 0 Å². The molecule has 0 radical (unpaired) electrons. The van der Waals surface area contributed by atoms with Crippen molar-refractivity contribution in [3.05, 3.63) is 48.0 Å². The topological polar surface area (TPSA) is 23.5 Å². The van der Waals surface area contributed by atoms with Gasteiger partial charge >= 0.3 is 0 Å². The molecule has 86 valence electrons. The van der Waals surface area contributed by atoms with Crippen molar-refractivity contribution in [2.24, 2.45) is 0 Å². The van der Waals surface area contributed by atoms with E-state index in [-0.39, 0.29) is 12.6 Å². The number of benzene rings is 1. The Kier molecular flexibility index (Phi) is 3.75. The van der Waals surface area contributed by atoms with Crippen molar-refractivity contribution >= 4 is 0 Å². The largest absolute Gasteiger partial charge is 0.395 e. The summed E-state index contributed by atoms with van der Waals surface area (Å²) in [7, 11) is 0. The molecular formula is C14H19NO. The lowest BCUT2D eigenvalue weighted by molar-refractivity contribution is 0.102. The summed E-state index contributed by atoms with van der Waals surface area (Å²) >= 11 is 0. The lowest BCUT2D eigenvalue weighted by atomic mass is 9.98. The summed E-state index contributed by atoms with van der Waals surface area (Å²) in [5.41, 5.74) is 2.58. The highest BCUT2D eigenvalue weighted by Crippen LogP contribution is 2.22. The Labute approximate surface area is 97.2 Å². The summed E-state index contributed by atoms with van der Waals surface area (Å²) in [6.45, 7) is 6.19. The van der Waals surface area contributed by atoms with E-state index in [4.69, 9.17) is 0 Å². The van der Waals surface area contributed by atoms with Crippen LogP contribution in [-0.2, 0) is 6.54 Å². The molecule has 0 aromatic heterocycles. The summed E-state index contributed by atoms with van der Waals surface area (Å²) in [6, 6.07) is 10.7. The van der Waals surface area contributed by atoms with E-state index in [1.807, 2.05) is 6.07 Å². The Morgan fingerprint density at radius 1 is 1.31 bits per heavy atom. The monoisotopic (exact) mass is 217 g/mol. The standard InChI is InChI=1S/C14H19NO/c1-12-7-8-15(14(9-12)11-16)10-13-5-3-2-4-6-13/h2-6,14,16H,1,7-11H2/t14-/m0/s1. The van der Waals surface area contributed by atoms with E-state index < -0.39 is 0 Å². The molecule has 0 unspecified atom stereocenters. The molecule has 1 aliphatic rings. The lowest BCUT2D eigenvalue weighted by Crippen LogP contribution is -2.41. The van der Waals surface area contributed by atoms with Crippen LogP contribution in [0.3, 0.4) is 0 Å². The predicted molar refractivity (Wildman–Crippen MR) is 66.1 cm³/mol. The average Bonchev–Trinajstić information content (AvgIpc) is 2.33. The first kappa shape index (κ1) is 11.4. The summed E-state index contributed by atoms with van der Waals surface area (Å²) in [5, 5.41) is 9.37. The molecule has 2 heteroatoms. The number of rotatable bonds is 3. The second-order valence-electron chi connectivity index (χ2n) is 4.50. The van der Waals surface area contributed by atoms with Crippen molar-refractivity contribution in [3.63, 3.8) is 0 Å². The van der Waals surface area contributed by atoms with Gasteiger partial charge in [0.15, 0.2) is 0 Å². The SMILES string of the molecule is C=C1CCN(Cc2ccccc2)[C@H](CO)C1. The van der Waals surface area contributed by atoms with Crippen molar-refractivity contribution in [3.8, 4) is 0 Å². The fourth-order valence-corrected chi connectivity index (χ4v) is 2.25. The van der Waals surface area contributed by atoms with Gasteiger partial charge in [-0.3, -0.25) is 4.90 Å². The maximum absolute atomic E-state index is 9.37. The molecule has 0 amide bonds. The molecule has 1 saturated heterocycles. The van der Waals surface area contributed by atoms with Gasteiger partial charge in [-0.2, -0.15) is 0 Å². The van der Waals surface area contributed by atoms with Crippen molar-refractivity contribution in [1.29, 1.82) is 0 Å². The van der Waals surface area contributed by atoms with Crippen LogP contribution in [0.4, 0.5) is 0 Å². The van der Waals surface area contributed by atoms with Crippen LogP contribution in [0.25, 0.3) is 0 Å². The Morgan fingerprint density at radius 3 is 2.75 bits per heavy atom. The normalized spacial score (nSPS) is 22.3. The Hall–Kier alpha value is -1.12. The number of hydrogen-bond donors (Lipinski definition) is 1. The molecule has 0 bridgehead atoms. The highest BCUT2D eigenvalue weighted by Gasteiger charge is 2.23. The van der Waals surface area contributed by atoms with Crippen LogP contribution >= 0.6 is 0 Å². The highest BCUT2D eigenvalue weighted by atomic mass is 16.3. The fourth-order valence-electron chi connectivity index (χ4n) is 2.25. The number of aliphatic hydroxyl groups excluding tert-OH is 1. The van der Waals surface area contributed by atoms with E-state index in [1.165, 1.54) is 11.1 Å². The molecule has 1 heterocycles. The molecule has 1 aromatic rings.